The van der Waals surface area contributed by atoms with Gasteiger partial charge in [0.2, 0.25) is 0 Å². The fraction of sp³-hybridized carbons (Fsp3) is 0.273. The molecule has 0 saturated carbocycles. The van der Waals surface area contributed by atoms with E-state index in [9.17, 15) is 8.42 Å². The van der Waals surface area contributed by atoms with Gasteiger partial charge in [-0.2, -0.15) is 4.98 Å². The number of nitrogens with two attached hydrogens (primary N) is 1. The highest BCUT2D eigenvalue weighted by Crippen LogP contribution is 2.33. The van der Waals surface area contributed by atoms with Crippen LogP contribution in [0.2, 0.25) is 10.0 Å². The average molecular weight is 336 g/mol. The SMILES string of the molecule is CC(c1noc(-c2cc(Cl)c(N)c(Cl)c2)n1)S(C)(=O)=O. The Hall–Kier alpha value is -1.31. The Balaban J connectivity index is 2.44. The van der Waals surface area contributed by atoms with Gasteiger partial charge in [0.25, 0.3) is 5.89 Å². The van der Waals surface area contributed by atoms with Gasteiger partial charge in [0.15, 0.2) is 15.7 Å². The number of sulfone groups is 1. The normalized spacial score (nSPS) is 13.4. The van der Waals surface area contributed by atoms with Gasteiger partial charge in [0.05, 0.1) is 15.7 Å². The zero-order valence-electron chi connectivity index (χ0n) is 10.6. The lowest BCUT2D eigenvalue weighted by Crippen LogP contribution is -2.09. The van der Waals surface area contributed by atoms with Crippen molar-refractivity contribution in [2.75, 3.05) is 12.0 Å². The summed E-state index contributed by atoms with van der Waals surface area (Å²) in [6.07, 6.45) is 1.10. The maximum atomic E-state index is 11.4. The van der Waals surface area contributed by atoms with E-state index in [4.69, 9.17) is 33.5 Å². The van der Waals surface area contributed by atoms with Crippen LogP contribution in [0.3, 0.4) is 0 Å². The summed E-state index contributed by atoms with van der Waals surface area (Å²) < 4.78 is 27.9. The van der Waals surface area contributed by atoms with E-state index in [0.29, 0.717) is 5.56 Å². The molecule has 20 heavy (non-hydrogen) atoms. The monoisotopic (exact) mass is 335 g/mol. The minimum Gasteiger partial charge on any atom is -0.396 e. The smallest absolute Gasteiger partial charge is 0.258 e. The summed E-state index contributed by atoms with van der Waals surface area (Å²) >= 11 is 11.8. The second kappa shape index (κ2) is 5.23. The Kier molecular flexibility index (Phi) is 3.95. The van der Waals surface area contributed by atoms with Crippen LogP contribution in [0.25, 0.3) is 11.5 Å². The van der Waals surface area contributed by atoms with Gasteiger partial charge in [0, 0.05) is 11.8 Å². The summed E-state index contributed by atoms with van der Waals surface area (Å²) in [5.41, 5.74) is 6.35. The van der Waals surface area contributed by atoms with E-state index in [-0.39, 0.29) is 27.4 Å². The van der Waals surface area contributed by atoms with Crippen LogP contribution in [-0.2, 0) is 9.84 Å². The number of halogens is 2. The van der Waals surface area contributed by atoms with E-state index in [1.807, 2.05) is 0 Å². The van der Waals surface area contributed by atoms with Crippen LogP contribution in [0.15, 0.2) is 16.7 Å². The van der Waals surface area contributed by atoms with Crippen LogP contribution in [-0.4, -0.2) is 24.8 Å². The number of nitrogens with zero attached hydrogens (tertiary/aromatic N) is 2. The number of hydrogen-bond donors (Lipinski definition) is 1. The Morgan fingerprint density at radius 1 is 1.30 bits per heavy atom. The predicted molar refractivity (Wildman–Crippen MR) is 77.4 cm³/mol. The number of anilines is 1. The molecule has 1 heterocycles. The summed E-state index contributed by atoms with van der Waals surface area (Å²) in [6, 6.07) is 3.04. The van der Waals surface area contributed by atoms with Gasteiger partial charge >= 0.3 is 0 Å². The highest BCUT2D eigenvalue weighted by molar-refractivity contribution is 7.90. The third-order valence-corrected chi connectivity index (χ3v) is 4.89. The third-order valence-electron chi connectivity index (χ3n) is 2.77. The Labute approximate surface area is 125 Å². The molecule has 1 unspecified atom stereocenters. The van der Waals surface area contributed by atoms with E-state index in [2.05, 4.69) is 10.1 Å². The first kappa shape index (κ1) is 15.1. The number of rotatable bonds is 3. The summed E-state index contributed by atoms with van der Waals surface area (Å²) in [5, 5.41) is 3.30. The fourth-order valence-corrected chi connectivity index (χ4v) is 2.38. The van der Waals surface area contributed by atoms with E-state index in [0.717, 1.165) is 6.26 Å². The third kappa shape index (κ3) is 2.89. The van der Waals surface area contributed by atoms with Crippen LogP contribution in [0.1, 0.15) is 18.0 Å². The van der Waals surface area contributed by atoms with Crippen LogP contribution in [0.4, 0.5) is 5.69 Å². The lowest BCUT2D eigenvalue weighted by atomic mass is 10.2. The first-order valence-corrected chi connectivity index (χ1v) is 8.18. The molecule has 0 fully saturated rings. The van der Waals surface area contributed by atoms with Gasteiger partial charge in [-0.3, -0.25) is 0 Å². The molecule has 1 atom stereocenters. The minimum absolute atomic E-state index is 0.0755. The van der Waals surface area contributed by atoms with Crippen molar-refractivity contribution in [3.05, 3.63) is 28.0 Å². The van der Waals surface area contributed by atoms with Crippen molar-refractivity contribution < 1.29 is 12.9 Å². The van der Waals surface area contributed by atoms with Crippen molar-refractivity contribution in [3.63, 3.8) is 0 Å². The molecule has 0 spiro atoms. The molecule has 1 aromatic carbocycles. The Bertz CT molecular complexity index is 735. The molecule has 0 bridgehead atoms. The molecule has 2 aromatic rings. The maximum Gasteiger partial charge on any atom is 0.258 e. The van der Waals surface area contributed by atoms with Gasteiger partial charge in [-0.15, -0.1) is 0 Å². The minimum atomic E-state index is -3.30. The zero-order valence-corrected chi connectivity index (χ0v) is 12.9. The number of nitrogen functional groups attached to an aromatic ring is 1. The van der Waals surface area contributed by atoms with Crippen molar-refractivity contribution in [3.8, 4) is 11.5 Å². The predicted octanol–water partition coefficient (Wildman–Crippen LogP) is 2.73. The number of aromatic nitrogens is 2. The first-order chi connectivity index (χ1) is 9.20. The lowest BCUT2D eigenvalue weighted by Gasteiger charge is -2.03. The Morgan fingerprint density at radius 2 is 1.85 bits per heavy atom. The summed E-state index contributed by atoms with van der Waals surface area (Å²) in [5.74, 6) is 0.200. The zero-order chi connectivity index (χ0) is 15.1. The van der Waals surface area contributed by atoms with Gasteiger partial charge < -0.3 is 10.3 Å². The van der Waals surface area contributed by atoms with Crippen molar-refractivity contribution in [2.45, 2.75) is 12.2 Å². The van der Waals surface area contributed by atoms with Gasteiger partial charge in [-0.1, -0.05) is 28.4 Å². The van der Waals surface area contributed by atoms with Crippen LogP contribution < -0.4 is 5.73 Å². The maximum absolute atomic E-state index is 11.4. The highest BCUT2D eigenvalue weighted by Gasteiger charge is 2.23. The molecule has 108 valence electrons. The topological polar surface area (TPSA) is 99.1 Å². The molecule has 0 aliphatic rings. The van der Waals surface area contributed by atoms with Gasteiger partial charge in [-0.25, -0.2) is 8.42 Å². The van der Waals surface area contributed by atoms with Crippen LogP contribution in [0.5, 0.6) is 0 Å². The molecule has 0 saturated heterocycles. The molecule has 9 heteroatoms. The molecule has 0 amide bonds. The second-order valence-corrected chi connectivity index (χ2v) is 7.46. The molecule has 6 nitrogen and oxygen atoms in total. The molecule has 0 aliphatic heterocycles. The lowest BCUT2D eigenvalue weighted by molar-refractivity contribution is 0.422. The molecular weight excluding hydrogens is 325 g/mol. The fourth-order valence-electron chi connectivity index (χ4n) is 1.42. The molecule has 0 radical (unpaired) electrons. The molecule has 2 rings (SSSR count). The van der Waals surface area contributed by atoms with E-state index in [1.54, 1.807) is 0 Å². The van der Waals surface area contributed by atoms with Crippen molar-refractivity contribution >= 4 is 38.7 Å². The van der Waals surface area contributed by atoms with Crippen molar-refractivity contribution in [1.29, 1.82) is 0 Å². The molecule has 2 N–H and O–H groups in total. The van der Waals surface area contributed by atoms with Crippen LogP contribution >= 0.6 is 23.2 Å². The molecule has 1 aromatic heterocycles. The summed E-state index contributed by atoms with van der Waals surface area (Å²) in [7, 11) is -3.30. The summed E-state index contributed by atoms with van der Waals surface area (Å²) in [6.45, 7) is 1.48. The van der Waals surface area contributed by atoms with E-state index < -0.39 is 15.1 Å². The van der Waals surface area contributed by atoms with E-state index >= 15 is 0 Å². The standard InChI is InChI=1S/C11H11Cl2N3O3S/c1-5(20(2,17)18)10-15-11(19-16-10)6-3-7(12)9(14)8(13)4-6/h3-5H,14H2,1-2H3. The van der Waals surface area contributed by atoms with E-state index in [1.165, 1.54) is 19.1 Å². The molecule has 0 aliphatic carbocycles. The second-order valence-electron chi connectivity index (χ2n) is 4.28. The van der Waals surface area contributed by atoms with Gasteiger partial charge in [-0.05, 0) is 19.1 Å². The molecular formula is C11H11Cl2N3O3S. The van der Waals surface area contributed by atoms with Crippen LogP contribution in [0, 0.1) is 0 Å². The van der Waals surface area contributed by atoms with Crippen molar-refractivity contribution in [1.82, 2.24) is 10.1 Å². The Morgan fingerprint density at radius 3 is 2.35 bits per heavy atom. The number of benzene rings is 1. The van der Waals surface area contributed by atoms with Crippen molar-refractivity contribution in [2.24, 2.45) is 0 Å². The van der Waals surface area contributed by atoms with Gasteiger partial charge in [0.1, 0.15) is 5.25 Å². The average Bonchev–Trinajstić information content (AvgIpc) is 2.82. The number of hydrogen-bond acceptors (Lipinski definition) is 6. The largest absolute Gasteiger partial charge is 0.396 e. The quantitative estimate of drug-likeness (QED) is 0.865. The highest BCUT2D eigenvalue weighted by atomic mass is 35.5. The first-order valence-electron chi connectivity index (χ1n) is 5.47. The summed E-state index contributed by atoms with van der Waals surface area (Å²) in [4.78, 5) is 4.04.